The van der Waals surface area contributed by atoms with Gasteiger partial charge in [0.05, 0.1) is 24.5 Å². The number of pyridine rings is 1. The van der Waals surface area contributed by atoms with Gasteiger partial charge in [-0.15, -0.1) is 23.8 Å². The van der Waals surface area contributed by atoms with E-state index in [1.807, 2.05) is 0 Å². The molecule has 2 heterocycles. The number of phenols is 1. The van der Waals surface area contributed by atoms with Crippen molar-refractivity contribution in [2.24, 2.45) is 4.99 Å². The Hall–Kier alpha value is -4.74. The van der Waals surface area contributed by atoms with Gasteiger partial charge in [-0.05, 0) is 30.7 Å². The van der Waals surface area contributed by atoms with E-state index in [2.05, 4.69) is 15.9 Å². The van der Waals surface area contributed by atoms with Gasteiger partial charge in [0.15, 0.2) is 29.0 Å². The van der Waals surface area contributed by atoms with E-state index in [1.54, 1.807) is 71.6 Å². The molecule has 0 spiro atoms. The first-order chi connectivity index (χ1) is 20.3. The third-order valence-corrected chi connectivity index (χ3v) is 7.43. The number of amidine groups is 1. The maximum atomic E-state index is 15.2. The fraction of sp³-hybridized carbons (Fsp3) is 0.0938. The van der Waals surface area contributed by atoms with Crippen molar-refractivity contribution in [2.75, 3.05) is 4.90 Å². The number of anilines is 1. The van der Waals surface area contributed by atoms with Gasteiger partial charge in [-0.25, -0.2) is 27.4 Å². The summed E-state index contributed by atoms with van der Waals surface area (Å²) in [4.78, 5) is 14.1. The molecule has 1 aliphatic heterocycles. The van der Waals surface area contributed by atoms with Crippen LogP contribution in [0.4, 0.5) is 28.9 Å². The van der Waals surface area contributed by atoms with E-state index >= 15 is 4.39 Å². The van der Waals surface area contributed by atoms with E-state index in [-0.39, 0.29) is 56.0 Å². The number of hydrogen-bond acceptors (Lipinski definition) is 5. The van der Waals surface area contributed by atoms with Crippen LogP contribution >= 0.6 is 0 Å². The number of aromatic hydroxyl groups is 1. The largest absolute Gasteiger partial charge is 0.506 e. The minimum atomic E-state index is -1.88. The standard InChI is InChI=1S/C32H17F4N4O2.Pt/c1-37-18-9-11-19(12-10-18)40-31-22(15-21-25(31)27(34)29(36)28(35)26(21)33)38-32(40)17-5-2-6-20(14-17)42-24-13-8-16-4-3-7-23(41)30(16)39-24;/h2-13,22,31,41H,15H2;/q-1;/t22-,31-;/m0./s1. The van der Waals surface area contributed by atoms with E-state index in [9.17, 15) is 18.3 Å². The topological polar surface area (TPSA) is 62.3 Å². The van der Waals surface area contributed by atoms with Gasteiger partial charge < -0.3 is 19.7 Å². The summed E-state index contributed by atoms with van der Waals surface area (Å²) in [6.45, 7) is 7.26. The minimum absolute atomic E-state index is 0. The number of halogens is 4. The number of rotatable bonds is 4. The maximum absolute atomic E-state index is 15.2. The van der Waals surface area contributed by atoms with E-state index in [1.165, 1.54) is 6.07 Å². The normalized spacial score (nSPS) is 16.7. The zero-order valence-corrected chi connectivity index (χ0v) is 24.0. The molecule has 11 heteroatoms. The van der Waals surface area contributed by atoms with Crippen molar-refractivity contribution < 1.29 is 48.5 Å². The molecule has 1 N–H and O–H groups in total. The van der Waals surface area contributed by atoms with E-state index in [4.69, 9.17) is 16.3 Å². The second-order valence-electron chi connectivity index (χ2n) is 9.84. The van der Waals surface area contributed by atoms with E-state index in [0.29, 0.717) is 28.3 Å². The summed E-state index contributed by atoms with van der Waals surface area (Å²) in [5, 5.41) is 10.9. The zero-order chi connectivity index (χ0) is 29.1. The fourth-order valence-electron chi connectivity index (χ4n) is 5.57. The number of hydrogen-bond donors (Lipinski definition) is 1. The second-order valence-corrected chi connectivity index (χ2v) is 9.84. The molecule has 216 valence electrons. The van der Waals surface area contributed by atoms with Crippen molar-refractivity contribution >= 4 is 28.1 Å². The molecule has 7 rings (SSSR count). The van der Waals surface area contributed by atoms with Gasteiger partial charge in [-0.3, -0.25) is 0 Å². The van der Waals surface area contributed by atoms with Crippen LogP contribution in [0.3, 0.4) is 0 Å². The Bertz CT molecular complexity index is 2000. The van der Waals surface area contributed by atoms with Crippen LogP contribution in [0.15, 0.2) is 77.8 Å². The number of nitrogens with zero attached hydrogens (tertiary/aromatic N) is 4. The molecule has 4 aromatic carbocycles. The summed E-state index contributed by atoms with van der Waals surface area (Å²) in [5.41, 5.74) is 1.10. The van der Waals surface area contributed by atoms with Crippen LogP contribution in [0.2, 0.25) is 0 Å². The molecule has 0 radical (unpaired) electrons. The van der Waals surface area contributed by atoms with Crippen molar-refractivity contribution in [1.82, 2.24) is 4.98 Å². The number of aliphatic imine (C=N–C) groups is 1. The predicted octanol–water partition coefficient (Wildman–Crippen LogP) is 7.57. The molecule has 2 atom stereocenters. The molecular formula is C32H17F4N4O2Pt-. The summed E-state index contributed by atoms with van der Waals surface area (Å²) < 4.78 is 64.4. The van der Waals surface area contributed by atoms with Gasteiger partial charge in [-0.1, -0.05) is 30.3 Å². The molecule has 1 aromatic heterocycles. The van der Waals surface area contributed by atoms with Crippen LogP contribution in [0.5, 0.6) is 17.4 Å². The smallest absolute Gasteiger partial charge is 0.217 e. The molecule has 0 saturated carbocycles. The zero-order valence-electron chi connectivity index (χ0n) is 21.8. The summed E-state index contributed by atoms with van der Waals surface area (Å²) in [5.74, 6) is -5.80. The molecule has 0 amide bonds. The van der Waals surface area contributed by atoms with Crippen molar-refractivity contribution in [3.05, 3.63) is 130 Å². The van der Waals surface area contributed by atoms with Gasteiger partial charge in [0, 0.05) is 55.1 Å². The first-order valence-corrected chi connectivity index (χ1v) is 12.8. The number of para-hydroxylation sites is 1. The number of ether oxygens (including phenoxy) is 1. The van der Waals surface area contributed by atoms with Gasteiger partial charge in [0.2, 0.25) is 5.88 Å². The average Bonchev–Trinajstić information content (AvgIpc) is 3.56. The minimum Gasteiger partial charge on any atom is -0.506 e. The van der Waals surface area contributed by atoms with Crippen molar-refractivity contribution in [3.8, 4) is 17.4 Å². The van der Waals surface area contributed by atoms with Crippen LogP contribution in [-0.2, 0) is 27.5 Å². The van der Waals surface area contributed by atoms with Crippen LogP contribution in [0.25, 0.3) is 15.7 Å². The molecule has 0 fully saturated rings. The SMILES string of the molecule is [C-]#[N+]c1ccc(N2C(c3[c-]c(Oc4ccc5cccc(O)c5n4)ccc3)=N[C@H]3Cc4c(F)c(F)c(F)c(F)c4[C@H]32)cc1.[Pt]. The molecule has 0 unspecified atom stereocenters. The van der Waals surface area contributed by atoms with Gasteiger partial charge in [-0.2, -0.15) is 0 Å². The number of phenolic OH excluding ortho intramolecular Hbond substituents is 1. The van der Waals surface area contributed by atoms with Gasteiger partial charge >= 0.3 is 0 Å². The Morgan fingerprint density at radius 2 is 1.65 bits per heavy atom. The molecule has 1 aliphatic carbocycles. The van der Waals surface area contributed by atoms with Crippen LogP contribution in [-0.4, -0.2) is 22.0 Å². The summed E-state index contributed by atoms with van der Waals surface area (Å²) in [6.07, 6.45) is -0.138. The number of aromatic nitrogens is 1. The monoisotopic (exact) mass is 760 g/mol. The molecule has 5 aromatic rings. The predicted molar refractivity (Wildman–Crippen MR) is 147 cm³/mol. The Balaban J connectivity index is 0.00000329. The molecule has 6 nitrogen and oxygen atoms in total. The maximum Gasteiger partial charge on any atom is 0.217 e. The molecular weight excluding hydrogens is 743 g/mol. The van der Waals surface area contributed by atoms with E-state index < -0.39 is 35.4 Å². The second kappa shape index (κ2) is 10.8. The van der Waals surface area contributed by atoms with Crippen molar-refractivity contribution in [2.45, 2.75) is 18.5 Å². The molecule has 43 heavy (non-hydrogen) atoms. The van der Waals surface area contributed by atoms with E-state index in [0.717, 1.165) is 5.39 Å². The Kier molecular flexibility index (Phi) is 7.15. The number of benzene rings is 4. The quantitative estimate of drug-likeness (QED) is 0.0890. The summed E-state index contributed by atoms with van der Waals surface area (Å²) in [7, 11) is 0. The first kappa shape index (κ1) is 28.4. The summed E-state index contributed by atoms with van der Waals surface area (Å²) in [6, 6.07) is 21.3. The average molecular weight is 761 g/mol. The Morgan fingerprint density at radius 3 is 2.42 bits per heavy atom. The van der Waals surface area contributed by atoms with Crippen LogP contribution in [0, 0.1) is 35.9 Å². The first-order valence-electron chi connectivity index (χ1n) is 12.8. The Labute approximate surface area is 257 Å². The molecule has 2 aliphatic rings. The van der Waals surface area contributed by atoms with Crippen LogP contribution < -0.4 is 9.64 Å². The van der Waals surface area contributed by atoms with Crippen LogP contribution in [0.1, 0.15) is 22.7 Å². The third-order valence-electron chi connectivity index (χ3n) is 7.43. The summed E-state index contributed by atoms with van der Waals surface area (Å²) >= 11 is 0. The number of fused-ring (bicyclic) bond motifs is 4. The molecule has 0 saturated heterocycles. The van der Waals surface area contributed by atoms with Crippen molar-refractivity contribution in [3.63, 3.8) is 0 Å². The fourth-order valence-corrected chi connectivity index (χ4v) is 5.57. The van der Waals surface area contributed by atoms with Gasteiger partial charge in [0.1, 0.15) is 11.3 Å². The molecule has 0 bridgehead atoms. The third kappa shape index (κ3) is 4.61. The van der Waals surface area contributed by atoms with Crippen molar-refractivity contribution in [1.29, 1.82) is 0 Å². The van der Waals surface area contributed by atoms with Gasteiger partial charge in [0.25, 0.3) is 0 Å². The Morgan fingerprint density at radius 1 is 0.907 bits per heavy atom.